The van der Waals surface area contributed by atoms with E-state index in [1.165, 1.54) is 4.68 Å². The third-order valence-electron chi connectivity index (χ3n) is 4.03. The van der Waals surface area contributed by atoms with Gasteiger partial charge in [-0.25, -0.2) is 0 Å². The lowest BCUT2D eigenvalue weighted by Gasteiger charge is -2.14. The van der Waals surface area contributed by atoms with Crippen LogP contribution in [0.5, 0.6) is 0 Å². The highest BCUT2D eigenvalue weighted by Gasteiger charge is 2.24. The van der Waals surface area contributed by atoms with Gasteiger partial charge in [0.05, 0.1) is 5.69 Å². The number of nitrogens with two attached hydrogens (primary N) is 1. The molecule has 0 amide bonds. The molecule has 0 saturated carbocycles. The van der Waals surface area contributed by atoms with Crippen molar-refractivity contribution < 1.29 is 4.79 Å². The fraction of sp³-hybridized carbons (Fsp3) is 0.375. The van der Waals surface area contributed by atoms with Gasteiger partial charge in [-0.2, -0.15) is 4.68 Å². The Balaban J connectivity index is 2.07. The van der Waals surface area contributed by atoms with E-state index in [2.05, 4.69) is 12.0 Å². The van der Waals surface area contributed by atoms with Crippen LogP contribution in [0.25, 0.3) is 0 Å². The van der Waals surface area contributed by atoms with E-state index in [1.807, 2.05) is 24.3 Å². The van der Waals surface area contributed by atoms with Crippen LogP contribution < -0.4 is 5.73 Å². The largest absolute Gasteiger partial charge is 0.382 e. The summed E-state index contributed by atoms with van der Waals surface area (Å²) in [5.74, 6) is 0.458. The van der Waals surface area contributed by atoms with Gasteiger partial charge in [-0.15, -0.1) is 5.10 Å². The van der Waals surface area contributed by atoms with Crippen LogP contribution in [-0.4, -0.2) is 15.7 Å². The second kappa shape index (κ2) is 5.12. The molecule has 3 rings (SSSR count). The third kappa shape index (κ3) is 2.01. The number of nitrogen functional groups attached to an aromatic ring is 1. The molecule has 0 unspecified atom stereocenters. The molecule has 20 heavy (non-hydrogen) atoms. The maximum Gasteiger partial charge on any atom is 0.278 e. The number of fused-ring (bicyclic) bond motifs is 1. The van der Waals surface area contributed by atoms with E-state index < -0.39 is 0 Å². The highest BCUT2D eigenvalue weighted by atomic mass is 16.2. The minimum absolute atomic E-state index is 0.0581. The van der Waals surface area contributed by atoms with E-state index in [1.54, 1.807) is 0 Å². The zero-order valence-electron chi connectivity index (χ0n) is 11.7. The number of hydrogen-bond donors (Lipinski definition) is 1. The van der Waals surface area contributed by atoms with E-state index in [0.717, 1.165) is 54.5 Å². The molecular weight excluding hydrogens is 250 g/mol. The summed E-state index contributed by atoms with van der Waals surface area (Å²) in [4.78, 5) is 12.8. The van der Waals surface area contributed by atoms with Gasteiger partial charge in [0.15, 0.2) is 0 Å². The van der Waals surface area contributed by atoms with Gasteiger partial charge in [-0.1, -0.05) is 25.1 Å². The van der Waals surface area contributed by atoms with Gasteiger partial charge >= 0.3 is 0 Å². The molecule has 0 bridgehead atoms. The van der Waals surface area contributed by atoms with Crippen molar-refractivity contribution in [3.63, 3.8) is 0 Å². The number of rotatable bonds is 2. The summed E-state index contributed by atoms with van der Waals surface area (Å²) >= 11 is 0. The molecule has 1 aromatic heterocycles. The fourth-order valence-electron chi connectivity index (χ4n) is 2.95. The van der Waals surface area contributed by atoms with Crippen LogP contribution in [0.15, 0.2) is 24.3 Å². The average molecular weight is 269 g/mol. The quantitative estimate of drug-likeness (QED) is 0.911. The number of nitrogens with zero attached hydrogens (tertiary/aromatic N) is 2. The minimum atomic E-state index is -0.0581. The second-order valence-electron chi connectivity index (χ2n) is 5.25. The fourth-order valence-corrected chi connectivity index (χ4v) is 2.95. The monoisotopic (exact) mass is 269 g/mol. The van der Waals surface area contributed by atoms with Crippen molar-refractivity contribution in [2.45, 2.75) is 39.0 Å². The Bertz CT molecular complexity index is 658. The Morgan fingerprint density at radius 3 is 2.85 bits per heavy atom. The highest BCUT2D eigenvalue weighted by molar-refractivity contribution is 5.97. The van der Waals surface area contributed by atoms with Crippen LogP contribution in [0.2, 0.25) is 0 Å². The van der Waals surface area contributed by atoms with Crippen molar-refractivity contribution in [3.8, 4) is 0 Å². The first-order chi connectivity index (χ1) is 9.72. The molecule has 0 atom stereocenters. The van der Waals surface area contributed by atoms with Gasteiger partial charge in [0.1, 0.15) is 5.82 Å². The van der Waals surface area contributed by atoms with E-state index in [-0.39, 0.29) is 5.91 Å². The Labute approximate surface area is 118 Å². The molecule has 4 heteroatoms. The molecule has 1 heterocycles. The van der Waals surface area contributed by atoms with Crippen LogP contribution in [-0.2, 0) is 19.3 Å². The molecule has 0 radical (unpaired) electrons. The van der Waals surface area contributed by atoms with Crippen molar-refractivity contribution in [1.29, 1.82) is 0 Å². The zero-order chi connectivity index (χ0) is 14.1. The Hall–Kier alpha value is -2.10. The third-order valence-corrected chi connectivity index (χ3v) is 4.03. The molecule has 1 aliphatic carbocycles. The SMILES string of the molecule is CCc1ccccc1C(=O)n1nc(N)c2c1CCCC2. The lowest BCUT2D eigenvalue weighted by Crippen LogP contribution is -2.19. The summed E-state index contributed by atoms with van der Waals surface area (Å²) in [6, 6.07) is 7.72. The maximum atomic E-state index is 12.8. The molecule has 2 aromatic rings. The topological polar surface area (TPSA) is 60.9 Å². The Morgan fingerprint density at radius 1 is 1.30 bits per heavy atom. The van der Waals surface area contributed by atoms with Gasteiger partial charge in [-0.3, -0.25) is 4.79 Å². The minimum Gasteiger partial charge on any atom is -0.382 e. The normalized spacial score (nSPS) is 14.1. The Morgan fingerprint density at radius 2 is 2.05 bits per heavy atom. The number of aryl methyl sites for hydroxylation is 1. The lowest BCUT2D eigenvalue weighted by atomic mass is 9.97. The molecule has 0 fully saturated rings. The number of hydrogen-bond acceptors (Lipinski definition) is 3. The smallest absolute Gasteiger partial charge is 0.278 e. The van der Waals surface area contributed by atoms with Crippen molar-refractivity contribution in [1.82, 2.24) is 9.78 Å². The van der Waals surface area contributed by atoms with E-state index in [0.29, 0.717) is 5.82 Å². The van der Waals surface area contributed by atoms with Crippen LogP contribution in [0, 0.1) is 0 Å². The molecule has 0 aliphatic heterocycles. The first-order valence-electron chi connectivity index (χ1n) is 7.21. The van der Waals surface area contributed by atoms with Crippen LogP contribution >= 0.6 is 0 Å². The van der Waals surface area contributed by atoms with E-state index >= 15 is 0 Å². The molecule has 104 valence electrons. The van der Waals surface area contributed by atoms with Gasteiger partial charge in [-0.05, 0) is 43.7 Å². The molecule has 4 nitrogen and oxygen atoms in total. The Kier molecular flexibility index (Phi) is 3.30. The van der Waals surface area contributed by atoms with Crippen molar-refractivity contribution >= 4 is 11.7 Å². The highest BCUT2D eigenvalue weighted by Crippen LogP contribution is 2.26. The standard InChI is InChI=1S/C16H19N3O/c1-2-11-7-3-4-8-12(11)16(20)19-14-10-6-5-9-13(14)15(17)18-19/h3-4,7-8H,2,5-6,9-10H2,1H3,(H2,17,18). The molecule has 1 aliphatic rings. The zero-order valence-corrected chi connectivity index (χ0v) is 11.7. The number of aromatic nitrogens is 2. The van der Waals surface area contributed by atoms with Crippen LogP contribution in [0.1, 0.15) is 46.9 Å². The summed E-state index contributed by atoms with van der Waals surface area (Å²) in [6.45, 7) is 2.05. The molecule has 0 saturated heterocycles. The summed E-state index contributed by atoms with van der Waals surface area (Å²) in [5, 5.41) is 4.29. The van der Waals surface area contributed by atoms with E-state index in [9.17, 15) is 4.79 Å². The number of carbonyl (C=O) groups excluding carboxylic acids is 1. The lowest BCUT2D eigenvalue weighted by molar-refractivity contribution is 0.0940. The summed E-state index contributed by atoms with van der Waals surface area (Å²) in [7, 11) is 0. The summed E-state index contributed by atoms with van der Waals surface area (Å²) < 4.78 is 1.53. The first kappa shape index (κ1) is 12.9. The molecule has 1 aromatic carbocycles. The van der Waals surface area contributed by atoms with Crippen molar-refractivity contribution in [2.75, 3.05) is 5.73 Å². The first-order valence-corrected chi connectivity index (χ1v) is 7.21. The molecule has 0 spiro atoms. The predicted octanol–water partition coefficient (Wildman–Crippen LogP) is 2.60. The van der Waals surface area contributed by atoms with Gasteiger partial charge < -0.3 is 5.73 Å². The van der Waals surface area contributed by atoms with Crippen LogP contribution in [0.4, 0.5) is 5.82 Å². The number of carbonyl (C=O) groups is 1. The summed E-state index contributed by atoms with van der Waals surface area (Å²) in [6.07, 6.45) is 4.88. The number of benzene rings is 1. The van der Waals surface area contributed by atoms with Crippen LogP contribution in [0.3, 0.4) is 0 Å². The van der Waals surface area contributed by atoms with Gasteiger partial charge in [0.25, 0.3) is 5.91 Å². The van der Waals surface area contributed by atoms with Crippen molar-refractivity contribution in [3.05, 3.63) is 46.6 Å². The predicted molar refractivity (Wildman–Crippen MR) is 78.8 cm³/mol. The summed E-state index contributed by atoms with van der Waals surface area (Å²) in [5.41, 5.74) is 9.82. The second-order valence-corrected chi connectivity index (χ2v) is 5.25. The maximum absolute atomic E-state index is 12.8. The van der Waals surface area contributed by atoms with Crippen molar-refractivity contribution in [2.24, 2.45) is 0 Å². The van der Waals surface area contributed by atoms with Gasteiger partial charge in [0.2, 0.25) is 0 Å². The average Bonchev–Trinajstić information content (AvgIpc) is 2.84. The molecule has 2 N–H and O–H groups in total. The van der Waals surface area contributed by atoms with E-state index in [4.69, 9.17) is 5.73 Å². The number of anilines is 1. The molecular formula is C16H19N3O. The van der Waals surface area contributed by atoms with Gasteiger partial charge in [0, 0.05) is 11.1 Å².